The lowest BCUT2D eigenvalue weighted by molar-refractivity contribution is 0.354. The summed E-state index contributed by atoms with van der Waals surface area (Å²) in [5.74, 6) is 1.18. The minimum atomic E-state index is -3.73. The molecule has 0 amide bonds. The van der Waals surface area contributed by atoms with E-state index in [9.17, 15) is 8.42 Å². The number of nitrogens with one attached hydrogen (secondary N) is 2. The van der Waals surface area contributed by atoms with Crippen LogP contribution in [0.5, 0.6) is 11.5 Å². The molecule has 1 aromatic heterocycles. The van der Waals surface area contributed by atoms with Crippen LogP contribution < -0.4 is 14.2 Å². The summed E-state index contributed by atoms with van der Waals surface area (Å²) < 4.78 is 37.4. The Balaban J connectivity index is 2.36. The Morgan fingerprint density at radius 1 is 1.24 bits per heavy atom. The van der Waals surface area contributed by atoms with Gasteiger partial charge in [0.2, 0.25) is 0 Å². The molecule has 1 aromatic carbocycles. The molecule has 0 aliphatic heterocycles. The van der Waals surface area contributed by atoms with E-state index in [1.165, 1.54) is 26.4 Å². The molecule has 0 unspecified atom stereocenters. The molecular formula is C13H17N3O4S. The van der Waals surface area contributed by atoms with Crippen molar-refractivity contribution in [2.75, 3.05) is 18.9 Å². The summed E-state index contributed by atoms with van der Waals surface area (Å²) in [6.07, 6.45) is 2.26. The molecule has 0 atom stereocenters. The predicted molar refractivity (Wildman–Crippen MR) is 78.3 cm³/mol. The number of benzene rings is 1. The maximum atomic E-state index is 12.4. The van der Waals surface area contributed by atoms with Crippen molar-refractivity contribution in [1.29, 1.82) is 0 Å². The number of aryl methyl sites for hydroxylation is 1. The van der Waals surface area contributed by atoms with E-state index in [-0.39, 0.29) is 4.90 Å². The van der Waals surface area contributed by atoms with Gasteiger partial charge in [-0.05, 0) is 18.6 Å². The first-order valence-electron chi connectivity index (χ1n) is 6.29. The lowest BCUT2D eigenvalue weighted by atomic mass is 10.3. The molecule has 0 aliphatic rings. The molecular weight excluding hydrogens is 294 g/mol. The topological polar surface area (TPSA) is 93.3 Å². The summed E-state index contributed by atoms with van der Waals surface area (Å²) in [5.41, 5.74) is 0.791. The Morgan fingerprint density at radius 2 is 1.95 bits per heavy atom. The van der Waals surface area contributed by atoms with Crippen LogP contribution in [0.25, 0.3) is 0 Å². The molecule has 0 saturated heterocycles. The smallest absolute Gasteiger partial charge is 0.263 e. The second-order valence-corrected chi connectivity index (χ2v) is 5.93. The molecule has 7 nitrogen and oxygen atoms in total. The van der Waals surface area contributed by atoms with Crippen LogP contribution in [-0.2, 0) is 16.4 Å². The summed E-state index contributed by atoms with van der Waals surface area (Å²) in [6.45, 7) is 1.92. The van der Waals surface area contributed by atoms with Crippen LogP contribution in [0.15, 0.2) is 29.3 Å². The molecule has 0 fully saturated rings. The van der Waals surface area contributed by atoms with Gasteiger partial charge in [0, 0.05) is 11.6 Å². The van der Waals surface area contributed by atoms with Crippen LogP contribution in [0, 0.1) is 0 Å². The number of rotatable bonds is 6. The molecule has 2 aromatic rings. The number of aromatic amines is 1. The third kappa shape index (κ3) is 3.10. The van der Waals surface area contributed by atoms with Crippen LogP contribution in [0.4, 0.5) is 5.82 Å². The molecule has 0 saturated carbocycles. The van der Waals surface area contributed by atoms with E-state index in [4.69, 9.17) is 9.47 Å². The summed E-state index contributed by atoms with van der Waals surface area (Å²) >= 11 is 0. The number of H-pyrrole nitrogens is 1. The minimum Gasteiger partial charge on any atom is -0.493 e. The average Bonchev–Trinajstić information content (AvgIpc) is 2.92. The van der Waals surface area contributed by atoms with Gasteiger partial charge in [-0.2, -0.15) is 5.10 Å². The minimum absolute atomic E-state index is 0.0804. The van der Waals surface area contributed by atoms with Gasteiger partial charge in [0.15, 0.2) is 11.5 Å². The number of ether oxygens (including phenoxy) is 2. The zero-order chi connectivity index (χ0) is 15.5. The van der Waals surface area contributed by atoms with Gasteiger partial charge in [0.1, 0.15) is 5.82 Å². The van der Waals surface area contributed by atoms with Crippen LogP contribution in [0.3, 0.4) is 0 Å². The highest BCUT2D eigenvalue weighted by atomic mass is 32.2. The first-order valence-corrected chi connectivity index (χ1v) is 7.77. The maximum absolute atomic E-state index is 12.4. The molecule has 0 spiro atoms. The zero-order valence-electron chi connectivity index (χ0n) is 12.0. The van der Waals surface area contributed by atoms with Crippen molar-refractivity contribution in [2.45, 2.75) is 18.2 Å². The van der Waals surface area contributed by atoms with Crippen molar-refractivity contribution in [3.63, 3.8) is 0 Å². The first kappa shape index (κ1) is 15.2. The number of hydrogen-bond donors (Lipinski definition) is 2. The highest BCUT2D eigenvalue weighted by Gasteiger charge is 2.19. The Labute approximate surface area is 123 Å². The van der Waals surface area contributed by atoms with Crippen molar-refractivity contribution in [3.05, 3.63) is 30.0 Å². The number of anilines is 1. The highest BCUT2D eigenvalue weighted by molar-refractivity contribution is 7.92. The maximum Gasteiger partial charge on any atom is 0.263 e. The number of aromatic nitrogens is 2. The van der Waals surface area contributed by atoms with Crippen LogP contribution in [0.2, 0.25) is 0 Å². The molecule has 2 N–H and O–H groups in total. The van der Waals surface area contributed by atoms with Crippen molar-refractivity contribution in [3.8, 4) is 11.5 Å². The molecule has 114 valence electrons. The van der Waals surface area contributed by atoms with Gasteiger partial charge in [0.25, 0.3) is 10.0 Å². The fraction of sp³-hybridized carbons (Fsp3) is 0.308. The van der Waals surface area contributed by atoms with Crippen LogP contribution >= 0.6 is 0 Å². The summed E-state index contributed by atoms with van der Waals surface area (Å²) in [6, 6.07) is 4.40. The summed E-state index contributed by atoms with van der Waals surface area (Å²) in [7, 11) is -0.792. The molecule has 2 rings (SSSR count). The van der Waals surface area contributed by atoms with Gasteiger partial charge in [-0.1, -0.05) is 6.92 Å². The Bertz CT molecular complexity index is 725. The van der Waals surface area contributed by atoms with Crippen molar-refractivity contribution < 1.29 is 17.9 Å². The Kier molecular flexibility index (Phi) is 4.37. The zero-order valence-corrected chi connectivity index (χ0v) is 12.8. The van der Waals surface area contributed by atoms with Gasteiger partial charge in [-0.3, -0.25) is 9.82 Å². The quantitative estimate of drug-likeness (QED) is 0.848. The van der Waals surface area contributed by atoms with E-state index in [0.717, 1.165) is 5.56 Å². The van der Waals surface area contributed by atoms with Crippen molar-refractivity contribution >= 4 is 15.8 Å². The van der Waals surface area contributed by atoms with Gasteiger partial charge in [-0.15, -0.1) is 0 Å². The predicted octanol–water partition coefficient (Wildman–Crippen LogP) is 1.79. The average molecular weight is 311 g/mol. The molecule has 0 radical (unpaired) electrons. The summed E-state index contributed by atoms with van der Waals surface area (Å²) in [5, 5.41) is 6.47. The fourth-order valence-electron chi connectivity index (χ4n) is 1.84. The van der Waals surface area contributed by atoms with Crippen molar-refractivity contribution in [1.82, 2.24) is 10.2 Å². The normalized spacial score (nSPS) is 11.2. The molecule has 1 heterocycles. The SMILES string of the molecule is CCc1cn[nH]c1NS(=O)(=O)c1ccc(OC)c(OC)c1. The van der Waals surface area contributed by atoms with Gasteiger partial charge in [0.05, 0.1) is 25.3 Å². The van der Waals surface area contributed by atoms with E-state index in [2.05, 4.69) is 14.9 Å². The van der Waals surface area contributed by atoms with Gasteiger partial charge < -0.3 is 9.47 Å². The molecule has 0 aliphatic carbocycles. The van der Waals surface area contributed by atoms with Crippen LogP contribution in [-0.4, -0.2) is 32.8 Å². The lowest BCUT2D eigenvalue weighted by Crippen LogP contribution is -2.14. The Hall–Kier alpha value is -2.22. The number of nitrogens with zero attached hydrogens (tertiary/aromatic N) is 1. The van der Waals surface area contributed by atoms with Crippen LogP contribution in [0.1, 0.15) is 12.5 Å². The third-order valence-corrected chi connectivity index (χ3v) is 4.35. The number of hydrogen-bond acceptors (Lipinski definition) is 5. The molecule has 0 bridgehead atoms. The van der Waals surface area contributed by atoms with Gasteiger partial charge >= 0.3 is 0 Å². The van der Waals surface area contributed by atoms with E-state index < -0.39 is 10.0 Å². The summed E-state index contributed by atoms with van der Waals surface area (Å²) in [4.78, 5) is 0.0804. The lowest BCUT2D eigenvalue weighted by Gasteiger charge is -2.11. The third-order valence-electron chi connectivity index (χ3n) is 3.00. The number of methoxy groups -OCH3 is 2. The standard InChI is InChI=1S/C13H17N3O4S/c1-4-9-8-14-15-13(9)16-21(17,18)10-5-6-11(19-2)12(7-10)20-3/h5-8H,4H2,1-3H3,(H2,14,15,16). The van der Waals surface area contributed by atoms with E-state index in [1.807, 2.05) is 6.92 Å². The van der Waals surface area contributed by atoms with E-state index >= 15 is 0 Å². The highest BCUT2D eigenvalue weighted by Crippen LogP contribution is 2.30. The fourth-order valence-corrected chi connectivity index (χ4v) is 2.92. The second kappa shape index (κ2) is 6.04. The second-order valence-electron chi connectivity index (χ2n) is 4.25. The van der Waals surface area contributed by atoms with E-state index in [1.54, 1.807) is 12.3 Å². The number of sulfonamides is 1. The first-order chi connectivity index (χ1) is 10.0. The molecule has 8 heteroatoms. The van der Waals surface area contributed by atoms with Crippen molar-refractivity contribution in [2.24, 2.45) is 0 Å². The van der Waals surface area contributed by atoms with E-state index in [0.29, 0.717) is 23.7 Å². The largest absolute Gasteiger partial charge is 0.493 e. The monoisotopic (exact) mass is 311 g/mol. The Morgan fingerprint density at radius 3 is 2.57 bits per heavy atom. The molecule has 21 heavy (non-hydrogen) atoms. The van der Waals surface area contributed by atoms with Gasteiger partial charge in [-0.25, -0.2) is 8.42 Å².